The van der Waals surface area contributed by atoms with E-state index in [-0.39, 0.29) is 11.1 Å². The summed E-state index contributed by atoms with van der Waals surface area (Å²) in [4.78, 5) is 17.4. The number of halogens is 4. The van der Waals surface area contributed by atoms with Crippen LogP contribution in [0.2, 0.25) is 0 Å². The zero-order valence-electron chi connectivity index (χ0n) is 15.2. The van der Waals surface area contributed by atoms with Crippen molar-refractivity contribution in [1.29, 1.82) is 0 Å². The van der Waals surface area contributed by atoms with Gasteiger partial charge < -0.3 is 4.57 Å². The summed E-state index contributed by atoms with van der Waals surface area (Å²) in [5.41, 5.74) is 2.35. The highest BCUT2D eigenvalue weighted by Crippen LogP contribution is 2.35. The van der Waals surface area contributed by atoms with Crippen LogP contribution in [0.25, 0.3) is 22.2 Å². The monoisotopic (exact) mass is 391 g/mol. The van der Waals surface area contributed by atoms with Gasteiger partial charge >= 0.3 is 0 Å². The molecule has 1 saturated heterocycles. The number of benzene rings is 1. The lowest BCUT2D eigenvalue weighted by atomic mass is 10.0. The highest BCUT2D eigenvalue weighted by Gasteiger charge is 2.47. The summed E-state index contributed by atoms with van der Waals surface area (Å²) < 4.78 is 56.2. The van der Waals surface area contributed by atoms with Crippen molar-refractivity contribution in [2.75, 3.05) is 13.1 Å². The Kier molecular flexibility index (Phi) is 4.26. The standard InChI is InChI=1S/C20H17F4N3O/c1-11-7-27(17(8-28)26-9-20(23,24)10-26)16-5-13(6-25-19(11)16)14-3-4-15(21)12(2)18(14)22/h3-8,17H,9-10H2,1-2H3. The molecule has 0 saturated carbocycles. The zero-order chi connectivity index (χ0) is 20.2. The fourth-order valence-corrected chi connectivity index (χ4v) is 3.61. The van der Waals surface area contributed by atoms with Crippen LogP contribution < -0.4 is 0 Å². The van der Waals surface area contributed by atoms with Crippen LogP contribution in [0.1, 0.15) is 17.3 Å². The Morgan fingerprint density at radius 2 is 1.93 bits per heavy atom. The Morgan fingerprint density at radius 3 is 2.57 bits per heavy atom. The third kappa shape index (κ3) is 2.88. The third-order valence-corrected chi connectivity index (χ3v) is 5.13. The first-order chi connectivity index (χ1) is 13.2. The highest BCUT2D eigenvalue weighted by molar-refractivity contribution is 5.85. The molecule has 1 aliphatic rings. The Hall–Kier alpha value is -2.74. The van der Waals surface area contributed by atoms with Crippen LogP contribution in [-0.4, -0.2) is 39.7 Å². The van der Waals surface area contributed by atoms with Gasteiger partial charge in [0.15, 0.2) is 6.29 Å². The summed E-state index contributed by atoms with van der Waals surface area (Å²) in [6, 6.07) is 4.14. The van der Waals surface area contributed by atoms with E-state index in [0.29, 0.717) is 22.9 Å². The molecule has 0 amide bonds. The maximum atomic E-state index is 14.5. The number of pyridine rings is 1. The quantitative estimate of drug-likeness (QED) is 0.493. The summed E-state index contributed by atoms with van der Waals surface area (Å²) in [7, 11) is 0. The topological polar surface area (TPSA) is 38.1 Å². The molecule has 0 N–H and O–H groups in total. The first-order valence-corrected chi connectivity index (χ1v) is 8.71. The van der Waals surface area contributed by atoms with Crippen molar-refractivity contribution >= 4 is 17.3 Å². The van der Waals surface area contributed by atoms with Crippen molar-refractivity contribution in [3.8, 4) is 11.1 Å². The minimum Gasteiger partial charge on any atom is -0.323 e. The van der Waals surface area contributed by atoms with Crippen molar-refractivity contribution in [3.05, 3.63) is 53.4 Å². The number of hydrogen-bond donors (Lipinski definition) is 0. The van der Waals surface area contributed by atoms with Gasteiger partial charge in [0, 0.05) is 29.1 Å². The second kappa shape index (κ2) is 6.41. The van der Waals surface area contributed by atoms with E-state index in [2.05, 4.69) is 4.98 Å². The summed E-state index contributed by atoms with van der Waals surface area (Å²) in [6.45, 7) is 2.13. The van der Waals surface area contributed by atoms with Gasteiger partial charge in [-0.1, -0.05) is 0 Å². The molecule has 1 fully saturated rings. The molecule has 4 nitrogen and oxygen atoms in total. The van der Waals surface area contributed by atoms with E-state index in [1.807, 2.05) is 0 Å². The van der Waals surface area contributed by atoms with E-state index < -0.39 is 36.8 Å². The fourth-order valence-electron chi connectivity index (χ4n) is 3.61. The molecule has 2 aromatic heterocycles. The van der Waals surface area contributed by atoms with Gasteiger partial charge in [-0.05, 0) is 37.6 Å². The number of carbonyl (C=O) groups is 1. The molecule has 1 aliphatic heterocycles. The SMILES string of the molecule is Cc1c(F)ccc(-c2cnc3c(C)cn(C(C=O)N4CC(F)(F)C4)c3c2)c1F. The fraction of sp³-hybridized carbons (Fsp3) is 0.300. The molecular weight excluding hydrogens is 374 g/mol. The maximum Gasteiger partial charge on any atom is 0.273 e. The number of aryl methyl sites for hydroxylation is 1. The second-order valence-electron chi connectivity index (χ2n) is 7.16. The van der Waals surface area contributed by atoms with Crippen LogP contribution in [0.5, 0.6) is 0 Å². The number of fused-ring (bicyclic) bond motifs is 1. The van der Waals surface area contributed by atoms with Crippen molar-refractivity contribution < 1.29 is 22.4 Å². The van der Waals surface area contributed by atoms with Crippen LogP contribution in [0.4, 0.5) is 17.6 Å². The number of nitrogens with zero attached hydrogens (tertiary/aromatic N) is 3. The highest BCUT2D eigenvalue weighted by atomic mass is 19.3. The normalized spacial score (nSPS) is 17.5. The Bertz CT molecular complexity index is 1080. The molecule has 1 unspecified atom stereocenters. The Morgan fingerprint density at radius 1 is 1.21 bits per heavy atom. The number of alkyl halides is 2. The minimum absolute atomic E-state index is 0.0993. The summed E-state index contributed by atoms with van der Waals surface area (Å²) >= 11 is 0. The molecule has 1 atom stereocenters. The predicted octanol–water partition coefficient (Wildman–Crippen LogP) is 4.25. The Labute approximate surface area is 158 Å². The van der Waals surface area contributed by atoms with E-state index in [9.17, 15) is 22.4 Å². The van der Waals surface area contributed by atoms with Gasteiger partial charge in [0.05, 0.1) is 24.1 Å². The molecule has 3 heterocycles. The molecule has 1 aromatic carbocycles. The maximum absolute atomic E-state index is 14.5. The molecular formula is C20H17F4N3O. The summed E-state index contributed by atoms with van der Waals surface area (Å²) in [5.74, 6) is -4.14. The molecule has 0 spiro atoms. The molecule has 0 radical (unpaired) electrons. The first-order valence-electron chi connectivity index (χ1n) is 8.71. The molecule has 0 bridgehead atoms. The van der Waals surface area contributed by atoms with E-state index >= 15 is 0 Å². The van der Waals surface area contributed by atoms with Crippen LogP contribution in [0, 0.1) is 25.5 Å². The van der Waals surface area contributed by atoms with E-state index in [1.165, 1.54) is 30.2 Å². The molecule has 8 heteroatoms. The average molecular weight is 391 g/mol. The van der Waals surface area contributed by atoms with Gasteiger partial charge in [-0.2, -0.15) is 0 Å². The number of carbonyl (C=O) groups excluding carboxylic acids is 1. The van der Waals surface area contributed by atoms with Gasteiger partial charge in [0.2, 0.25) is 0 Å². The van der Waals surface area contributed by atoms with Crippen LogP contribution in [0.3, 0.4) is 0 Å². The lowest BCUT2D eigenvalue weighted by Gasteiger charge is -2.42. The number of hydrogen-bond acceptors (Lipinski definition) is 3. The molecule has 3 aromatic rings. The largest absolute Gasteiger partial charge is 0.323 e. The smallest absolute Gasteiger partial charge is 0.273 e. The van der Waals surface area contributed by atoms with Crippen molar-refractivity contribution in [1.82, 2.24) is 14.5 Å². The Balaban J connectivity index is 1.83. The predicted molar refractivity (Wildman–Crippen MR) is 96.2 cm³/mol. The number of likely N-dealkylation sites (tertiary alicyclic amines) is 1. The van der Waals surface area contributed by atoms with Gasteiger partial charge in [-0.3, -0.25) is 14.7 Å². The third-order valence-electron chi connectivity index (χ3n) is 5.13. The molecule has 4 rings (SSSR count). The first kappa shape index (κ1) is 18.6. The summed E-state index contributed by atoms with van der Waals surface area (Å²) in [5, 5.41) is 0. The van der Waals surface area contributed by atoms with Crippen LogP contribution in [0.15, 0.2) is 30.6 Å². The average Bonchev–Trinajstić information content (AvgIpc) is 2.95. The number of rotatable bonds is 4. The summed E-state index contributed by atoms with van der Waals surface area (Å²) in [6.07, 6.45) is 2.84. The van der Waals surface area contributed by atoms with E-state index in [4.69, 9.17) is 0 Å². The van der Waals surface area contributed by atoms with Crippen molar-refractivity contribution in [2.45, 2.75) is 25.9 Å². The lowest BCUT2D eigenvalue weighted by Crippen LogP contribution is -2.58. The molecule has 146 valence electrons. The zero-order valence-corrected chi connectivity index (χ0v) is 15.2. The van der Waals surface area contributed by atoms with Gasteiger partial charge in [-0.25, -0.2) is 17.6 Å². The lowest BCUT2D eigenvalue weighted by molar-refractivity contribution is -0.160. The van der Waals surface area contributed by atoms with Gasteiger partial charge in [0.1, 0.15) is 17.8 Å². The van der Waals surface area contributed by atoms with Crippen LogP contribution >= 0.6 is 0 Å². The number of aldehydes is 1. The molecule has 28 heavy (non-hydrogen) atoms. The van der Waals surface area contributed by atoms with Crippen molar-refractivity contribution in [2.24, 2.45) is 0 Å². The molecule has 0 aliphatic carbocycles. The van der Waals surface area contributed by atoms with E-state index in [0.717, 1.165) is 5.56 Å². The second-order valence-corrected chi connectivity index (χ2v) is 7.16. The van der Waals surface area contributed by atoms with Crippen LogP contribution in [-0.2, 0) is 4.79 Å². The van der Waals surface area contributed by atoms with Gasteiger partial charge in [-0.15, -0.1) is 0 Å². The number of aromatic nitrogens is 2. The van der Waals surface area contributed by atoms with Crippen molar-refractivity contribution in [3.63, 3.8) is 0 Å². The van der Waals surface area contributed by atoms with Gasteiger partial charge in [0.25, 0.3) is 5.92 Å². The van der Waals surface area contributed by atoms with E-state index in [1.54, 1.807) is 23.8 Å². The minimum atomic E-state index is -2.81.